The number of amides is 1. The third-order valence-corrected chi connectivity index (χ3v) is 3.61. The lowest BCUT2D eigenvalue weighted by atomic mass is 10.1. The Hall–Kier alpha value is -2.33. The third kappa shape index (κ3) is 6.53. The van der Waals surface area contributed by atoms with E-state index in [0.717, 1.165) is 25.1 Å². The van der Waals surface area contributed by atoms with E-state index in [1.165, 1.54) is 11.1 Å². The highest BCUT2D eigenvalue weighted by Gasteiger charge is 2.01. The molecule has 4 heteroatoms. The zero-order valence-corrected chi connectivity index (χ0v) is 13.5. The smallest absolute Gasteiger partial charge is 0.233 e. The zero-order valence-electron chi connectivity index (χ0n) is 13.5. The third-order valence-electron chi connectivity index (χ3n) is 3.61. The van der Waals surface area contributed by atoms with Crippen LogP contribution < -0.4 is 15.4 Å². The molecule has 0 fully saturated rings. The molecule has 0 aromatic heterocycles. The van der Waals surface area contributed by atoms with Crippen molar-refractivity contribution in [1.29, 1.82) is 0 Å². The zero-order chi connectivity index (χ0) is 16.3. The second-order valence-corrected chi connectivity index (χ2v) is 5.36. The van der Waals surface area contributed by atoms with Gasteiger partial charge in [0, 0.05) is 6.54 Å². The van der Waals surface area contributed by atoms with Gasteiger partial charge in [0.25, 0.3) is 0 Å². The Balaban J connectivity index is 1.56. The first-order valence-corrected chi connectivity index (χ1v) is 7.92. The maximum absolute atomic E-state index is 11.8. The molecule has 0 atom stereocenters. The van der Waals surface area contributed by atoms with Crippen LogP contribution >= 0.6 is 0 Å². The molecular formula is C19H24N2O2. The van der Waals surface area contributed by atoms with Crippen LogP contribution in [0.25, 0.3) is 0 Å². The van der Waals surface area contributed by atoms with Gasteiger partial charge in [-0.1, -0.05) is 42.5 Å². The standard InChI is InChI=1S/C19H24N2O2/c1-23-18-9-7-17(8-10-18)12-14-21-19(22)15-20-13-11-16-5-3-2-4-6-16/h2-10,20H,11-15H2,1H3,(H,21,22). The first kappa shape index (κ1) is 17.0. The number of hydrogen-bond donors (Lipinski definition) is 2. The predicted octanol–water partition coefficient (Wildman–Crippen LogP) is 2.19. The van der Waals surface area contributed by atoms with E-state index in [2.05, 4.69) is 22.8 Å². The topological polar surface area (TPSA) is 50.4 Å². The summed E-state index contributed by atoms with van der Waals surface area (Å²) in [5.41, 5.74) is 2.46. The molecule has 0 saturated heterocycles. The van der Waals surface area contributed by atoms with Crippen LogP contribution in [-0.4, -0.2) is 32.7 Å². The van der Waals surface area contributed by atoms with Crippen LogP contribution in [0.15, 0.2) is 54.6 Å². The quantitative estimate of drug-likeness (QED) is 0.698. The van der Waals surface area contributed by atoms with Crippen LogP contribution in [0.1, 0.15) is 11.1 Å². The molecule has 0 spiro atoms. The molecule has 4 nitrogen and oxygen atoms in total. The van der Waals surface area contributed by atoms with Crippen molar-refractivity contribution in [3.8, 4) is 5.75 Å². The van der Waals surface area contributed by atoms with E-state index in [0.29, 0.717) is 13.1 Å². The Morgan fingerprint density at radius 2 is 1.57 bits per heavy atom. The van der Waals surface area contributed by atoms with Crippen LogP contribution in [0.3, 0.4) is 0 Å². The normalized spacial score (nSPS) is 10.3. The number of nitrogens with one attached hydrogen (secondary N) is 2. The maximum atomic E-state index is 11.8. The molecule has 0 heterocycles. The van der Waals surface area contributed by atoms with Crippen molar-refractivity contribution < 1.29 is 9.53 Å². The fourth-order valence-corrected chi connectivity index (χ4v) is 2.28. The lowest BCUT2D eigenvalue weighted by Gasteiger charge is -2.07. The minimum Gasteiger partial charge on any atom is -0.497 e. The van der Waals surface area contributed by atoms with Crippen LogP contribution in [0, 0.1) is 0 Å². The molecule has 0 radical (unpaired) electrons. The fourth-order valence-electron chi connectivity index (χ4n) is 2.28. The summed E-state index contributed by atoms with van der Waals surface area (Å²) < 4.78 is 5.12. The number of hydrogen-bond acceptors (Lipinski definition) is 3. The van der Waals surface area contributed by atoms with Gasteiger partial charge in [0.1, 0.15) is 5.75 Å². The van der Waals surface area contributed by atoms with Gasteiger partial charge >= 0.3 is 0 Å². The Labute approximate surface area is 137 Å². The Morgan fingerprint density at radius 1 is 0.913 bits per heavy atom. The molecule has 1 amide bonds. The van der Waals surface area contributed by atoms with Gasteiger partial charge < -0.3 is 15.4 Å². The maximum Gasteiger partial charge on any atom is 0.233 e. The summed E-state index contributed by atoms with van der Waals surface area (Å²) in [4.78, 5) is 11.8. The van der Waals surface area contributed by atoms with Crippen molar-refractivity contribution in [2.75, 3.05) is 26.7 Å². The van der Waals surface area contributed by atoms with Gasteiger partial charge in [-0.2, -0.15) is 0 Å². The SMILES string of the molecule is COc1ccc(CCNC(=O)CNCCc2ccccc2)cc1. The van der Waals surface area contributed by atoms with Gasteiger partial charge in [0.15, 0.2) is 0 Å². The summed E-state index contributed by atoms with van der Waals surface area (Å²) in [6, 6.07) is 18.2. The minimum atomic E-state index is 0.0339. The molecule has 2 aromatic carbocycles. The molecule has 2 aromatic rings. The molecule has 0 aliphatic carbocycles. The molecule has 0 bridgehead atoms. The number of benzene rings is 2. The van der Waals surface area contributed by atoms with Gasteiger partial charge in [-0.25, -0.2) is 0 Å². The van der Waals surface area contributed by atoms with Crippen molar-refractivity contribution >= 4 is 5.91 Å². The average molecular weight is 312 g/mol. The van der Waals surface area contributed by atoms with Gasteiger partial charge in [0.2, 0.25) is 5.91 Å². The summed E-state index contributed by atoms with van der Waals surface area (Å²) >= 11 is 0. The monoisotopic (exact) mass is 312 g/mol. The second kappa shape index (κ2) is 9.64. The van der Waals surface area contributed by atoms with Crippen LogP contribution in [-0.2, 0) is 17.6 Å². The average Bonchev–Trinajstić information content (AvgIpc) is 2.60. The van der Waals surface area contributed by atoms with E-state index in [-0.39, 0.29) is 5.91 Å². The van der Waals surface area contributed by atoms with E-state index in [1.54, 1.807) is 7.11 Å². The molecule has 2 rings (SSSR count). The van der Waals surface area contributed by atoms with E-state index in [9.17, 15) is 4.79 Å². The molecule has 0 unspecified atom stereocenters. The van der Waals surface area contributed by atoms with E-state index >= 15 is 0 Å². The van der Waals surface area contributed by atoms with Crippen molar-refractivity contribution in [2.24, 2.45) is 0 Å². The Morgan fingerprint density at radius 3 is 2.26 bits per heavy atom. The highest BCUT2D eigenvalue weighted by molar-refractivity contribution is 5.77. The minimum absolute atomic E-state index is 0.0339. The van der Waals surface area contributed by atoms with Gasteiger partial charge in [0.05, 0.1) is 13.7 Å². The van der Waals surface area contributed by atoms with Crippen LogP contribution in [0.2, 0.25) is 0 Å². The highest BCUT2D eigenvalue weighted by atomic mass is 16.5. The first-order valence-electron chi connectivity index (χ1n) is 7.92. The number of carbonyl (C=O) groups excluding carboxylic acids is 1. The molecule has 122 valence electrons. The predicted molar refractivity (Wildman–Crippen MR) is 92.7 cm³/mol. The van der Waals surface area contributed by atoms with Crippen molar-refractivity contribution in [3.05, 3.63) is 65.7 Å². The van der Waals surface area contributed by atoms with Crippen molar-refractivity contribution in [1.82, 2.24) is 10.6 Å². The fraction of sp³-hybridized carbons (Fsp3) is 0.316. The summed E-state index contributed by atoms with van der Waals surface area (Å²) in [5.74, 6) is 0.881. The molecule has 23 heavy (non-hydrogen) atoms. The van der Waals surface area contributed by atoms with Crippen LogP contribution in [0.4, 0.5) is 0 Å². The van der Waals surface area contributed by atoms with E-state index < -0.39 is 0 Å². The number of carbonyl (C=O) groups is 1. The van der Waals surface area contributed by atoms with Crippen LogP contribution in [0.5, 0.6) is 5.75 Å². The summed E-state index contributed by atoms with van der Waals surface area (Å²) in [5, 5.41) is 6.09. The first-order chi connectivity index (χ1) is 11.3. The highest BCUT2D eigenvalue weighted by Crippen LogP contribution is 2.11. The van der Waals surface area contributed by atoms with Gasteiger partial charge in [-0.3, -0.25) is 4.79 Å². The lowest BCUT2D eigenvalue weighted by Crippen LogP contribution is -2.35. The molecule has 2 N–H and O–H groups in total. The Bertz CT molecular complexity index is 582. The largest absolute Gasteiger partial charge is 0.497 e. The van der Waals surface area contributed by atoms with E-state index in [1.807, 2.05) is 42.5 Å². The van der Waals surface area contributed by atoms with Gasteiger partial charge in [-0.05, 0) is 42.6 Å². The molecular weight excluding hydrogens is 288 g/mol. The summed E-state index contributed by atoms with van der Waals surface area (Å²) in [6.45, 7) is 1.80. The van der Waals surface area contributed by atoms with E-state index in [4.69, 9.17) is 4.74 Å². The lowest BCUT2D eigenvalue weighted by molar-refractivity contribution is -0.120. The number of methoxy groups -OCH3 is 1. The molecule has 0 aliphatic heterocycles. The van der Waals surface area contributed by atoms with Crippen molar-refractivity contribution in [2.45, 2.75) is 12.8 Å². The molecule has 0 aliphatic rings. The van der Waals surface area contributed by atoms with Crippen molar-refractivity contribution in [3.63, 3.8) is 0 Å². The number of ether oxygens (including phenoxy) is 1. The summed E-state index contributed by atoms with van der Waals surface area (Å²) in [7, 11) is 1.65. The second-order valence-electron chi connectivity index (χ2n) is 5.36. The molecule has 0 saturated carbocycles. The number of rotatable bonds is 9. The Kier molecular flexibility index (Phi) is 7.14. The summed E-state index contributed by atoms with van der Waals surface area (Å²) in [6.07, 6.45) is 1.75. The van der Waals surface area contributed by atoms with Gasteiger partial charge in [-0.15, -0.1) is 0 Å².